The average molecular weight is 584 g/mol. The van der Waals surface area contributed by atoms with Gasteiger partial charge in [-0.1, -0.05) is 29.8 Å². The maximum atomic E-state index is 14.4. The molecule has 0 radical (unpaired) electrons. The van der Waals surface area contributed by atoms with Crippen molar-refractivity contribution in [3.05, 3.63) is 64.6 Å². The fourth-order valence-electron chi connectivity index (χ4n) is 4.73. The molecule has 0 spiro atoms. The molecule has 0 bridgehead atoms. The number of benzene rings is 2. The van der Waals surface area contributed by atoms with Crippen LogP contribution in [-0.2, 0) is 31.8 Å². The topological polar surface area (TPSA) is 121 Å². The fraction of sp³-hybridized carbons (Fsp3) is 0.385. The van der Waals surface area contributed by atoms with Crippen molar-refractivity contribution < 1.29 is 37.5 Å². The van der Waals surface area contributed by atoms with Crippen molar-refractivity contribution >= 4 is 47.2 Å². The van der Waals surface area contributed by atoms with E-state index in [0.717, 1.165) is 4.90 Å². The highest BCUT2D eigenvalue weighted by Gasteiger charge is 2.40. The van der Waals surface area contributed by atoms with E-state index < -0.39 is 43.5 Å². The Morgan fingerprint density at radius 3 is 2.74 bits per heavy atom. The number of carbonyl (C=O) groups excluding carboxylic acids is 2. The Morgan fingerprint density at radius 1 is 1.31 bits per heavy atom. The number of hydrogen-bond donors (Lipinski definition) is 3. The van der Waals surface area contributed by atoms with E-state index in [9.17, 15) is 32.9 Å². The SMILES string of the molecule is CCOP(=O)(O)c1ccc2c(C(C)O)cn(CC(=O)N3C[C@H](F)C[C@H]3C(=O)NCc3cccc(Cl)c3F)c2c1. The van der Waals surface area contributed by atoms with E-state index >= 15 is 0 Å². The van der Waals surface area contributed by atoms with Crippen LogP contribution in [0.3, 0.4) is 0 Å². The van der Waals surface area contributed by atoms with E-state index in [0.29, 0.717) is 16.5 Å². The Morgan fingerprint density at radius 2 is 2.05 bits per heavy atom. The Hall–Kier alpha value is -2.82. The maximum absolute atomic E-state index is 14.4. The maximum Gasteiger partial charge on any atom is 0.358 e. The summed E-state index contributed by atoms with van der Waals surface area (Å²) in [6, 6.07) is 7.66. The number of aromatic nitrogens is 1. The van der Waals surface area contributed by atoms with E-state index in [4.69, 9.17) is 16.1 Å². The summed E-state index contributed by atoms with van der Waals surface area (Å²) in [5, 5.41) is 13.3. The minimum absolute atomic E-state index is 0.0105. The van der Waals surface area contributed by atoms with E-state index in [2.05, 4.69) is 5.32 Å². The normalized spacial score (nSPS) is 19.7. The molecule has 2 heterocycles. The average Bonchev–Trinajstić information content (AvgIpc) is 3.45. The van der Waals surface area contributed by atoms with Crippen LogP contribution in [0.25, 0.3) is 10.9 Å². The van der Waals surface area contributed by atoms with Crippen LogP contribution in [0.4, 0.5) is 8.78 Å². The zero-order valence-corrected chi connectivity index (χ0v) is 23.0. The molecule has 2 amide bonds. The number of likely N-dealkylation sites (tertiary alicyclic amines) is 1. The lowest BCUT2D eigenvalue weighted by molar-refractivity contribution is -0.139. The first-order valence-corrected chi connectivity index (χ1v) is 14.3. The highest BCUT2D eigenvalue weighted by Crippen LogP contribution is 2.41. The number of halogens is 3. The molecule has 1 saturated heterocycles. The van der Waals surface area contributed by atoms with Crippen molar-refractivity contribution in [2.45, 2.75) is 51.7 Å². The number of aliphatic hydroxyl groups excluding tert-OH is 1. The van der Waals surface area contributed by atoms with Crippen molar-refractivity contribution in [3.63, 3.8) is 0 Å². The predicted molar refractivity (Wildman–Crippen MR) is 142 cm³/mol. The summed E-state index contributed by atoms with van der Waals surface area (Å²) in [5.41, 5.74) is 1.02. The first-order chi connectivity index (χ1) is 18.4. The molecule has 2 unspecified atom stereocenters. The molecule has 3 N–H and O–H groups in total. The molecule has 0 saturated carbocycles. The lowest BCUT2D eigenvalue weighted by Gasteiger charge is -2.24. The smallest absolute Gasteiger partial charge is 0.358 e. The second-order valence-electron chi connectivity index (χ2n) is 9.35. The largest absolute Gasteiger partial charge is 0.389 e. The number of fused-ring (bicyclic) bond motifs is 1. The van der Waals surface area contributed by atoms with E-state index in [1.807, 2.05) is 0 Å². The van der Waals surface area contributed by atoms with Crippen molar-refractivity contribution in [1.82, 2.24) is 14.8 Å². The lowest BCUT2D eigenvalue weighted by Crippen LogP contribution is -2.46. The van der Waals surface area contributed by atoms with Crippen LogP contribution in [0, 0.1) is 5.82 Å². The third-order valence-electron chi connectivity index (χ3n) is 6.64. The predicted octanol–water partition coefficient (Wildman–Crippen LogP) is 3.59. The molecule has 4 atom stereocenters. The number of aliphatic hydroxyl groups is 1. The molecular formula is C26H29ClF2N3O6P. The number of alkyl halides is 1. The Bertz CT molecular complexity index is 1450. The fourth-order valence-corrected chi connectivity index (χ4v) is 5.97. The van der Waals surface area contributed by atoms with Crippen LogP contribution in [0.15, 0.2) is 42.6 Å². The van der Waals surface area contributed by atoms with Crippen LogP contribution in [0.2, 0.25) is 5.02 Å². The highest BCUT2D eigenvalue weighted by molar-refractivity contribution is 7.61. The summed E-state index contributed by atoms with van der Waals surface area (Å²) in [6.07, 6.45) is -1.01. The minimum Gasteiger partial charge on any atom is -0.389 e. The number of nitrogens with one attached hydrogen (secondary N) is 1. The van der Waals surface area contributed by atoms with Crippen molar-refractivity contribution in [2.75, 3.05) is 13.2 Å². The van der Waals surface area contributed by atoms with Gasteiger partial charge in [0, 0.05) is 41.2 Å². The summed E-state index contributed by atoms with van der Waals surface area (Å²) in [4.78, 5) is 37.7. The molecule has 1 fully saturated rings. The minimum atomic E-state index is -4.12. The molecule has 13 heteroatoms. The van der Waals surface area contributed by atoms with Crippen LogP contribution in [0.1, 0.15) is 37.5 Å². The van der Waals surface area contributed by atoms with Crippen LogP contribution < -0.4 is 10.6 Å². The van der Waals surface area contributed by atoms with Crippen LogP contribution >= 0.6 is 19.2 Å². The van der Waals surface area contributed by atoms with Crippen molar-refractivity contribution in [2.24, 2.45) is 0 Å². The molecule has 9 nitrogen and oxygen atoms in total. The molecule has 2 aromatic carbocycles. The van der Waals surface area contributed by atoms with Gasteiger partial charge in [-0.05, 0) is 32.0 Å². The Labute approximate surface area is 228 Å². The van der Waals surface area contributed by atoms with Gasteiger partial charge in [-0.15, -0.1) is 0 Å². The molecule has 1 aromatic heterocycles. The molecule has 210 valence electrons. The van der Waals surface area contributed by atoms with Crippen LogP contribution in [-0.4, -0.2) is 56.6 Å². The zero-order valence-electron chi connectivity index (χ0n) is 21.3. The van der Waals surface area contributed by atoms with Gasteiger partial charge in [0.1, 0.15) is 24.6 Å². The standard InChI is InChI=1S/C26H29ClF2N3O6P/c1-3-38-39(36,37)18-7-8-19-20(15(2)33)13-31(22(19)10-18)14-24(34)32-12-17(28)9-23(32)26(35)30-11-16-5-4-6-21(27)25(16)29/h4-8,10,13,15,17,23,33H,3,9,11-12,14H2,1-2H3,(H,30,35)(H,36,37)/t15?,17-,23+/m1/s1. The molecule has 1 aliphatic heterocycles. The monoisotopic (exact) mass is 583 g/mol. The summed E-state index contributed by atoms with van der Waals surface area (Å²) >= 11 is 5.79. The van der Waals surface area contributed by atoms with Gasteiger partial charge in [0.15, 0.2) is 0 Å². The summed E-state index contributed by atoms with van der Waals surface area (Å²) < 4.78 is 47.7. The number of nitrogens with zero attached hydrogens (tertiary/aromatic N) is 2. The van der Waals surface area contributed by atoms with E-state index in [1.54, 1.807) is 26.1 Å². The first kappa shape index (κ1) is 29.2. The van der Waals surface area contributed by atoms with Crippen LogP contribution in [0.5, 0.6) is 0 Å². The van der Waals surface area contributed by atoms with Crippen molar-refractivity contribution in [1.29, 1.82) is 0 Å². The lowest BCUT2D eigenvalue weighted by atomic mass is 10.1. The van der Waals surface area contributed by atoms with Gasteiger partial charge in [0.05, 0.1) is 29.6 Å². The molecule has 3 aromatic rings. The van der Waals surface area contributed by atoms with Gasteiger partial charge >= 0.3 is 7.60 Å². The number of hydrogen-bond acceptors (Lipinski definition) is 5. The summed E-state index contributed by atoms with van der Waals surface area (Å²) in [5.74, 6) is -1.88. The number of carbonyl (C=O) groups is 2. The van der Waals surface area contributed by atoms with Gasteiger partial charge < -0.3 is 29.3 Å². The molecular weight excluding hydrogens is 555 g/mol. The number of rotatable bonds is 9. The van der Waals surface area contributed by atoms with Gasteiger partial charge in [-0.2, -0.15) is 0 Å². The van der Waals surface area contributed by atoms with Gasteiger partial charge in [0.25, 0.3) is 0 Å². The Kier molecular flexibility index (Phi) is 8.78. The third-order valence-corrected chi connectivity index (χ3v) is 8.47. The second-order valence-corrected chi connectivity index (χ2v) is 11.6. The van der Waals surface area contributed by atoms with Gasteiger partial charge in [-0.3, -0.25) is 14.2 Å². The highest BCUT2D eigenvalue weighted by atomic mass is 35.5. The third kappa shape index (κ3) is 6.18. The van der Waals surface area contributed by atoms with Gasteiger partial charge in [0.2, 0.25) is 11.8 Å². The molecule has 4 rings (SSSR count). The molecule has 39 heavy (non-hydrogen) atoms. The quantitative estimate of drug-likeness (QED) is 0.331. The number of amides is 2. The summed E-state index contributed by atoms with van der Waals surface area (Å²) in [6.45, 7) is 2.33. The van der Waals surface area contributed by atoms with Crippen molar-refractivity contribution in [3.8, 4) is 0 Å². The van der Waals surface area contributed by atoms with E-state index in [-0.39, 0.29) is 48.6 Å². The Balaban J connectivity index is 1.57. The zero-order chi connectivity index (χ0) is 28.5. The second kappa shape index (κ2) is 11.7. The van der Waals surface area contributed by atoms with Gasteiger partial charge in [-0.25, -0.2) is 8.78 Å². The van der Waals surface area contributed by atoms with E-state index in [1.165, 1.54) is 34.9 Å². The molecule has 1 aliphatic rings. The molecule has 0 aliphatic carbocycles. The summed E-state index contributed by atoms with van der Waals surface area (Å²) in [7, 11) is -4.12. The first-order valence-electron chi connectivity index (χ1n) is 12.4.